The number of rotatable bonds is 5. The molecular formula is C16H27N3. The molecule has 3 heteroatoms. The van der Waals surface area contributed by atoms with E-state index < -0.39 is 0 Å². The van der Waals surface area contributed by atoms with E-state index in [0.29, 0.717) is 5.41 Å². The standard InChI is InChI=1S/C16H27N3/c1-13(2)16(8-9-17-11-16)12-19(4)10-15-7-5-6-14(3)18-15/h5-7,13,17H,8-12H2,1-4H3. The molecule has 2 heterocycles. The average Bonchev–Trinajstić information content (AvgIpc) is 2.78. The van der Waals surface area contributed by atoms with Gasteiger partial charge in [0.25, 0.3) is 0 Å². The summed E-state index contributed by atoms with van der Waals surface area (Å²) in [4.78, 5) is 7.02. The van der Waals surface area contributed by atoms with Crippen molar-refractivity contribution < 1.29 is 0 Å². The first-order valence-electron chi connectivity index (χ1n) is 7.34. The molecule has 1 unspecified atom stereocenters. The monoisotopic (exact) mass is 261 g/mol. The molecule has 106 valence electrons. The molecule has 0 spiro atoms. The van der Waals surface area contributed by atoms with E-state index in [9.17, 15) is 0 Å². The Morgan fingerprint density at radius 2 is 2.21 bits per heavy atom. The topological polar surface area (TPSA) is 28.2 Å². The fourth-order valence-corrected chi connectivity index (χ4v) is 3.13. The molecule has 0 aromatic carbocycles. The highest BCUT2D eigenvalue weighted by Gasteiger charge is 2.37. The van der Waals surface area contributed by atoms with Crippen molar-refractivity contribution in [1.82, 2.24) is 15.2 Å². The van der Waals surface area contributed by atoms with Gasteiger partial charge in [-0.05, 0) is 50.4 Å². The molecule has 1 aliphatic heterocycles. The first-order valence-corrected chi connectivity index (χ1v) is 7.34. The molecule has 2 rings (SSSR count). The predicted molar refractivity (Wildman–Crippen MR) is 80.1 cm³/mol. The van der Waals surface area contributed by atoms with Gasteiger partial charge < -0.3 is 5.32 Å². The highest BCUT2D eigenvalue weighted by atomic mass is 15.1. The summed E-state index contributed by atoms with van der Waals surface area (Å²) in [5, 5.41) is 3.53. The van der Waals surface area contributed by atoms with Crippen LogP contribution in [0.2, 0.25) is 0 Å². The fraction of sp³-hybridized carbons (Fsp3) is 0.688. The molecule has 19 heavy (non-hydrogen) atoms. The maximum absolute atomic E-state index is 4.60. The number of hydrogen-bond donors (Lipinski definition) is 1. The van der Waals surface area contributed by atoms with Crippen molar-refractivity contribution in [2.75, 3.05) is 26.7 Å². The van der Waals surface area contributed by atoms with Crippen LogP contribution in [-0.2, 0) is 6.54 Å². The normalized spacial score (nSPS) is 23.5. The smallest absolute Gasteiger partial charge is 0.0547 e. The number of pyridine rings is 1. The Kier molecular flexibility index (Phi) is 4.58. The van der Waals surface area contributed by atoms with E-state index in [2.05, 4.69) is 61.2 Å². The molecule has 1 N–H and O–H groups in total. The van der Waals surface area contributed by atoms with Gasteiger partial charge >= 0.3 is 0 Å². The Morgan fingerprint density at radius 1 is 1.42 bits per heavy atom. The van der Waals surface area contributed by atoms with Crippen molar-refractivity contribution in [3.05, 3.63) is 29.6 Å². The van der Waals surface area contributed by atoms with Gasteiger partial charge in [0.2, 0.25) is 0 Å². The van der Waals surface area contributed by atoms with Crippen LogP contribution in [0.3, 0.4) is 0 Å². The summed E-state index contributed by atoms with van der Waals surface area (Å²) in [6.07, 6.45) is 1.29. The number of nitrogens with zero attached hydrogens (tertiary/aromatic N) is 2. The van der Waals surface area contributed by atoms with E-state index in [1.165, 1.54) is 12.1 Å². The van der Waals surface area contributed by atoms with Crippen LogP contribution < -0.4 is 5.32 Å². The first kappa shape index (κ1) is 14.5. The quantitative estimate of drug-likeness (QED) is 0.882. The Labute approximate surface area is 117 Å². The van der Waals surface area contributed by atoms with Gasteiger partial charge in [-0.3, -0.25) is 9.88 Å². The molecule has 0 saturated carbocycles. The van der Waals surface area contributed by atoms with Crippen LogP contribution in [0, 0.1) is 18.3 Å². The molecule has 1 fully saturated rings. The number of nitrogens with one attached hydrogen (secondary N) is 1. The summed E-state index contributed by atoms with van der Waals surface area (Å²) in [5.41, 5.74) is 2.71. The van der Waals surface area contributed by atoms with E-state index >= 15 is 0 Å². The zero-order valence-corrected chi connectivity index (χ0v) is 12.7. The average molecular weight is 261 g/mol. The van der Waals surface area contributed by atoms with E-state index in [1.54, 1.807) is 0 Å². The van der Waals surface area contributed by atoms with E-state index in [0.717, 1.165) is 37.8 Å². The van der Waals surface area contributed by atoms with Crippen molar-refractivity contribution in [3.8, 4) is 0 Å². The molecule has 0 aliphatic carbocycles. The summed E-state index contributed by atoms with van der Waals surface area (Å²) in [7, 11) is 2.21. The van der Waals surface area contributed by atoms with E-state index in [1.807, 2.05) is 0 Å². The number of aromatic nitrogens is 1. The second kappa shape index (κ2) is 6.02. The van der Waals surface area contributed by atoms with Gasteiger partial charge in [0.15, 0.2) is 0 Å². The van der Waals surface area contributed by atoms with Crippen LogP contribution in [0.5, 0.6) is 0 Å². The van der Waals surface area contributed by atoms with Crippen LogP contribution >= 0.6 is 0 Å². The molecule has 1 atom stereocenters. The molecular weight excluding hydrogens is 234 g/mol. The van der Waals surface area contributed by atoms with Gasteiger partial charge in [0.1, 0.15) is 0 Å². The third-order valence-electron chi connectivity index (χ3n) is 4.46. The van der Waals surface area contributed by atoms with E-state index in [4.69, 9.17) is 0 Å². The van der Waals surface area contributed by atoms with Gasteiger partial charge in [0, 0.05) is 25.3 Å². The van der Waals surface area contributed by atoms with Crippen LogP contribution in [0.15, 0.2) is 18.2 Å². The van der Waals surface area contributed by atoms with Crippen LogP contribution in [-0.4, -0.2) is 36.6 Å². The minimum absolute atomic E-state index is 0.429. The molecule has 0 radical (unpaired) electrons. The third-order valence-corrected chi connectivity index (χ3v) is 4.46. The lowest BCUT2D eigenvalue weighted by molar-refractivity contribution is 0.131. The van der Waals surface area contributed by atoms with Crippen LogP contribution in [0.1, 0.15) is 31.7 Å². The van der Waals surface area contributed by atoms with Gasteiger partial charge in [-0.1, -0.05) is 19.9 Å². The molecule has 1 aliphatic rings. The summed E-state index contributed by atoms with van der Waals surface area (Å²) >= 11 is 0. The number of aryl methyl sites for hydroxylation is 1. The second-order valence-corrected chi connectivity index (χ2v) is 6.39. The lowest BCUT2D eigenvalue weighted by Crippen LogP contribution is -2.41. The Hall–Kier alpha value is -0.930. The Bertz CT molecular complexity index is 408. The summed E-state index contributed by atoms with van der Waals surface area (Å²) in [6.45, 7) is 11.2. The molecule has 0 bridgehead atoms. The maximum Gasteiger partial charge on any atom is 0.0547 e. The zero-order valence-electron chi connectivity index (χ0n) is 12.7. The Morgan fingerprint density at radius 3 is 2.79 bits per heavy atom. The van der Waals surface area contributed by atoms with Crippen molar-refractivity contribution in [2.45, 2.75) is 33.7 Å². The van der Waals surface area contributed by atoms with Gasteiger partial charge in [0.05, 0.1) is 5.69 Å². The van der Waals surface area contributed by atoms with Crippen molar-refractivity contribution >= 4 is 0 Å². The van der Waals surface area contributed by atoms with Crippen LogP contribution in [0.25, 0.3) is 0 Å². The molecule has 1 aromatic heterocycles. The van der Waals surface area contributed by atoms with Gasteiger partial charge in [-0.25, -0.2) is 0 Å². The van der Waals surface area contributed by atoms with Crippen molar-refractivity contribution in [1.29, 1.82) is 0 Å². The first-order chi connectivity index (χ1) is 9.02. The highest BCUT2D eigenvalue weighted by Crippen LogP contribution is 2.34. The molecule has 3 nitrogen and oxygen atoms in total. The summed E-state index contributed by atoms with van der Waals surface area (Å²) < 4.78 is 0. The van der Waals surface area contributed by atoms with E-state index in [-0.39, 0.29) is 0 Å². The second-order valence-electron chi connectivity index (χ2n) is 6.39. The largest absolute Gasteiger partial charge is 0.316 e. The lowest BCUT2D eigenvalue weighted by Gasteiger charge is -2.36. The summed E-state index contributed by atoms with van der Waals surface area (Å²) in [6, 6.07) is 6.28. The lowest BCUT2D eigenvalue weighted by atomic mass is 9.76. The molecule has 1 saturated heterocycles. The van der Waals surface area contributed by atoms with Crippen LogP contribution in [0.4, 0.5) is 0 Å². The minimum atomic E-state index is 0.429. The SMILES string of the molecule is Cc1cccc(CN(C)CC2(C(C)C)CCNC2)n1. The third kappa shape index (κ3) is 3.54. The number of hydrogen-bond acceptors (Lipinski definition) is 3. The molecule has 0 amide bonds. The Balaban J connectivity index is 1.98. The van der Waals surface area contributed by atoms with Gasteiger partial charge in [-0.2, -0.15) is 0 Å². The molecule has 1 aromatic rings. The maximum atomic E-state index is 4.60. The van der Waals surface area contributed by atoms with Gasteiger partial charge in [-0.15, -0.1) is 0 Å². The van der Waals surface area contributed by atoms with Crippen molar-refractivity contribution in [3.63, 3.8) is 0 Å². The summed E-state index contributed by atoms with van der Waals surface area (Å²) in [5.74, 6) is 0.718. The fourth-order valence-electron chi connectivity index (χ4n) is 3.13. The minimum Gasteiger partial charge on any atom is -0.316 e. The highest BCUT2D eigenvalue weighted by molar-refractivity contribution is 5.09. The van der Waals surface area contributed by atoms with Crippen molar-refractivity contribution in [2.24, 2.45) is 11.3 Å². The zero-order chi connectivity index (χ0) is 13.9. The predicted octanol–water partition coefficient (Wildman–Crippen LogP) is 2.46.